The Kier molecular flexibility index (Phi) is 2.54. The van der Waals surface area contributed by atoms with E-state index in [1.807, 2.05) is 0 Å². The summed E-state index contributed by atoms with van der Waals surface area (Å²) in [6, 6.07) is 0.347. The van der Waals surface area contributed by atoms with Crippen LogP contribution in [0.2, 0.25) is 0 Å². The number of likely N-dealkylation sites (tertiary alicyclic amines) is 1. The second kappa shape index (κ2) is 3.66. The first-order valence-corrected chi connectivity index (χ1v) is 5.23. The Labute approximate surface area is 78.7 Å². The Morgan fingerprint density at radius 3 is 2.46 bits per heavy atom. The zero-order chi connectivity index (χ0) is 9.26. The quantitative estimate of drug-likeness (QED) is 0.715. The summed E-state index contributed by atoms with van der Waals surface area (Å²) in [6.45, 7) is 2.24. The van der Waals surface area contributed by atoms with E-state index < -0.39 is 5.97 Å². The van der Waals surface area contributed by atoms with Crippen molar-refractivity contribution in [3.63, 3.8) is 0 Å². The van der Waals surface area contributed by atoms with Crippen molar-refractivity contribution in [2.45, 2.75) is 38.1 Å². The molecule has 74 valence electrons. The number of carboxylic acids is 1. The molecular formula is C10H17NO2. The SMILES string of the molecule is O=C(O)CC(C1CC1)N1CCCC1. The maximum Gasteiger partial charge on any atom is 0.304 e. The molecule has 1 N–H and O–H groups in total. The molecule has 1 saturated heterocycles. The van der Waals surface area contributed by atoms with Crippen LogP contribution >= 0.6 is 0 Å². The largest absolute Gasteiger partial charge is 0.481 e. The number of rotatable bonds is 4. The average Bonchev–Trinajstić information content (AvgIpc) is 2.77. The van der Waals surface area contributed by atoms with Crippen molar-refractivity contribution in [3.05, 3.63) is 0 Å². The topological polar surface area (TPSA) is 40.5 Å². The summed E-state index contributed by atoms with van der Waals surface area (Å²) in [5, 5.41) is 8.79. The Morgan fingerprint density at radius 1 is 1.38 bits per heavy atom. The van der Waals surface area contributed by atoms with E-state index in [4.69, 9.17) is 5.11 Å². The van der Waals surface area contributed by atoms with Gasteiger partial charge in [-0.25, -0.2) is 0 Å². The minimum absolute atomic E-state index is 0.347. The van der Waals surface area contributed by atoms with E-state index in [9.17, 15) is 4.79 Å². The smallest absolute Gasteiger partial charge is 0.304 e. The van der Waals surface area contributed by atoms with Gasteiger partial charge in [0.05, 0.1) is 6.42 Å². The molecule has 1 saturated carbocycles. The van der Waals surface area contributed by atoms with Gasteiger partial charge in [-0.05, 0) is 44.7 Å². The maximum absolute atomic E-state index is 10.7. The van der Waals surface area contributed by atoms with Crippen molar-refractivity contribution in [2.75, 3.05) is 13.1 Å². The molecular weight excluding hydrogens is 166 g/mol. The van der Waals surface area contributed by atoms with Gasteiger partial charge in [-0.2, -0.15) is 0 Å². The third-order valence-corrected chi connectivity index (χ3v) is 3.16. The first-order chi connectivity index (χ1) is 6.27. The summed E-state index contributed by atoms with van der Waals surface area (Å²) in [6.07, 6.45) is 5.35. The van der Waals surface area contributed by atoms with Crippen LogP contribution in [0.3, 0.4) is 0 Å². The molecule has 0 bridgehead atoms. The highest BCUT2D eigenvalue weighted by Gasteiger charge is 2.37. The van der Waals surface area contributed by atoms with Gasteiger partial charge in [0, 0.05) is 6.04 Å². The molecule has 0 aromatic heterocycles. The second-order valence-corrected chi connectivity index (χ2v) is 4.25. The fraction of sp³-hybridized carbons (Fsp3) is 0.900. The van der Waals surface area contributed by atoms with Crippen molar-refractivity contribution < 1.29 is 9.90 Å². The van der Waals surface area contributed by atoms with Crippen LogP contribution in [0.25, 0.3) is 0 Å². The third-order valence-electron chi connectivity index (χ3n) is 3.16. The summed E-state index contributed by atoms with van der Waals surface area (Å²) < 4.78 is 0. The van der Waals surface area contributed by atoms with E-state index in [0.717, 1.165) is 13.1 Å². The van der Waals surface area contributed by atoms with Gasteiger partial charge in [0.25, 0.3) is 0 Å². The van der Waals surface area contributed by atoms with Crippen molar-refractivity contribution >= 4 is 5.97 Å². The highest BCUT2D eigenvalue weighted by molar-refractivity contribution is 5.67. The van der Waals surface area contributed by atoms with E-state index in [0.29, 0.717) is 18.4 Å². The van der Waals surface area contributed by atoms with Gasteiger partial charge in [-0.1, -0.05) is 0 Å². The lowest BCUT2D eigenvalue weighted by molar-refractivity contribution is -0.138. The minimum atomic E-state index is -0.635. The average molecular weight is 183 g/mol. The zero-order valence-electron chi connectivity index (χ0n) is 7.91. The lowest BCUT2D eigenvalue weighted by Gasteiger charge is -2.25. The number of hydrogen-bond donors (Lipinski definition) is 1. The van der Waals surface area contributed by atoms with E-state index in [1.54, 1.807) is 0 Å². The van der Waals surface area contributed by atoms with Crippen LogP contribution in [0, 0.1) is 5.92 Å². The Hall–Kier alpha value is -0.570. The zero-order valence-corrected chi connectivity index (χ0v) is 7.91. The first kappa shape index (κ1) is 9.00. The van der Waals surface area contributed by atoms with Crippen molar-refractivity contribution in [1.29, 1.82) is 0 Å². The van der Waals surface area contributed by atoms with Crippen molar-refractivity contribution in [1.82, 2.24) is 4.90 Å². The van der Waals surface area contributed by atoms with E-state index in [-0.39, 0.29) is 0 Å². The summed E-state index contributed by atoms with van der Waals surface area (Å²) >= 11 is 0. The van der Waals surface area contributed by atoms with Crippen LogP contribution in [0.4, 0.5) is 0 Å². The Morgan fingerprint density at radius 2 is 2.00 bits per heavy atom. The van der Waals surface area contributed by atoms with E-state index in [2.05, 4.69) is 4.90 Å². The molecule has 3 nitrogen and oxygen atoms in total. The van der Waals surface area contributed by atoms with Gasteiger partial charge in [-0.15, -0.1) is 0 Å². The van der Waals surface area contributed by atoms with E-state index >= 15 is 0 Å². The summed E-state index contributed by atoms with van der Waals surface area (Å²) in [5.74, 6) is 0.0537. The van der Waals surface area contributed by atoms with Crippen LogP contribution in [-0.4, -0.2) is 35.1 Å². The van der Waals surface area contributed by atoms with Crippen molar-refractivity contribution in [2.24, 2.45) is 5.92 Å². The Balaban J connectivity index is 1.91. The number of nitrogens with zero attached hydrogens (tertiary/aromatic N) is 1. The molecule has 2 aliphatic rings. The molecule has 0 aromatic rings. The van der Waals surface area contributed by atoms with Crippen LogP contribution in [0.5, 0.6) is 0 Å². The molecule has 1 atom stereocenters. The van der Waals surface area contributed by atoms with Crippen LogP contribution < -0.4 is 0 Å². The van der Waals surface area contributed by atoms with Gasteiger partial charge in [0.1, 0.15) is 0 Å². The molecule has 1 unspecified atom stereocenters. The number of carboxylic acid groups (broad SMARTS) is 1. The monoisotopic (exact) mass is 183 g/mol. The lowest BCUT2D eigenvalue weighted by atomic mass is 10.1. The highest BCUT2D eigenvalue weighted by atomic mass is 16.4. The number of aliphatic carboxylic acids is 1. The van der Waals surface area contributed by atoms with E-state index in [1.165, 1.54) is 25.7 Å². The fourth-order valence-corrected chi connectivity index (χ4v) is 2.33. The number of carbonyl (C=O) groups is 1. The molecule has 3 heteroatoms. The van der Waals surface area contributed by atoms with Gasteiger partial charge in [0.2, 0.25) is 0 Å². The maximum atomic E-state index is 10.7. The number of hydrogen-bond acceptors (Lipinski definition) is 2. The molecule has 0 spiro atoms. The fourth-order valence-electron chi connectivity index (χ4n) is 2.33. The third kappa shape index (κ3) is 2.21. The Bertz CT molecular complexity index is 195. The van der Waals surface area contributed by atoms with Crippen molar-refractivity contribution in [3.8, 4) is 0 Å². The lowest BCUT2D eigenvalue weighted by Crippen LogP contribution is -2.36. The molecule has 2 fully saturated rings. The van der Waals surface area contributed by atoms with Gasteiger partial charge in [-0.3, -0.25) is 9.69 Å². The predicted molar refractivity (Wildman–Crippen MR) is 49.6 cm³/mol. The van der Waals surface area contributed by atoms with Gasteiger partial charge in [0.15, 0.2) is 0 Å². The van der Waals surface area contributed by atoms with Gasteiger partial charge < -0.3 is 5.11 Å². The standard InChI is InChI=1S/C10H17NO2/c12-10(13)7-9(8-3-4-8)11-5-1-2-6-11/h8-9H,1-7H2,(H,12,13). The molecule has 1 aliphatic heterocycles. The highest BCUT2D eigenvalue weighted by Crippen LogP contribution is 2.37. The van der Waals surface area contributed by atoms with Gasteiger partial charge >= 0.3 is 5.97 Å². The second-order valence-electron chi connectivity index (χ2n) is 4.25. The molecule has 0 aromatic carbocycles. The first-order valence-electron chi connectivity index (χ1n) is 5.23. The molecule has 1 aliphatic carbocycles. The van der Waals surface area contributed by atoms with Crippen LogP contribution in [0.15, 0.2) is 0 Å². The normalized spacial score (nSPS) is 26.2. The summed E-state index contributed by atoms with van der Waals surface area (Å²) in [5.41, 5.74) is 0. The minimum Gasteiger partial charge on any atom is -0.481 e. The van der Waals surface area contributed by atoms with Crippen LogP contribution in [0.1, 0.15) is 32.1 Å². The summed E-state index contributed by atoms with van der Waals surface area (Å²) in [4.78, 5) is 13.1. The molecule has 13 heavy (non-hydrogen) atoms. The van der Waals surface area contributed by atoms with Crippen LogP contribution in [-0.2, 0) is 4.79 Å². The molecule has 2 rings (SSSR count). The molecule has 0 radical (unpaired) electrons. The molecule has 0 amide bonds. The predicted octanol–water partition coefficient (Wildman–Crippen LogP) is 1.34. The summed E-state index contributed by atoms with van der Waals surface area (Å²) in [7, 11) is 0. The molecule has 1 heterocycles.